The van der Waals surface area contributed by atoms with Gasteiger partial charge >= 0.3 is 0 Å². The third-order valence-electron chi connectivity index (χ3n) is 3.53. The van der Waals surface area contributed by atoms with E-state index in [1.54, 1.807) is 0 Å². The Kier molecular flexibility index (Phi) is 6.13. The van der Waals surface area contributed by atoms with Gasteiger partial charge in [0.25, 0.3) is 0 Å². The topological polar surface area (TPSA) is 41.1 Å². The van der Waals surface area contributed by atoms with E-state index in [9.17, 15) is 4.79 Å². The zero-order valence-corrected chi connectivity index (χ0v) is 12.5. The monoisotopic (exact) mass is 254 g/mol. The summed E-state index contributed by atoms with van der Waals surface area (Å²) >= 11 is 0. The van der Waals surface area contributed by atoms with Crippen LogP contribution in [0, 0.1) is 17.3 Å². The molecule has 2 N–H and O–H groups in total. The zero-order chi connectivity index (χ0) is 13.6. The van der Waals surface area contributed by atoms with Gasteiger partial charge in [-0.15, -0.1) is 0 Å². The van der Waals surface area contributed by atoms with Crippen LogP contribution in [0.15, 0.2) is 0 Å². The molecule has 0 radical (unpaired) electrons. The highest BCUT2D eigenvalue weighted by molar-refractivity contribution is 5.76. The number of amides is 1. The molecule has 0 spiro atoms. The third kappa shape index (κ3) is 7.00. The molecule has 1 heterocycles. The summed E-state index contributed by atoms with van der Waals surface area (Å²) in [4.78, 5) is 11.8. The summed E-state index contributed by atoms with van der Waals surface area (Å²) in [5.74, 6) is 1.45. The molecule has 3 nitrogen and oxygen atoms in total. The molecule has 3 heteroatoms. The Balaban J connectivity index is 2.09. The van der Waals surface area contributed by atoms with Crippen LogP contribution in [0.2, 0.25) is 0 Å². The molecule has 0 saturated carbocycles. The van der Waals surface area contributed by atoms with E-state index in [0.717, 1.165) is 38.4 Å². The maximum Gasteiger partial charge on any atom is 0.220 e. The zero-order valence-electron chi connectivity index (χ0n) is 12.5. The lowest BCUT2D eigenvalue weighted by Gasteiger charge is -2.22. The second kappa shape index (κ2) is 7.13. The molecule has 1 amide bonds. The second-order valence-corrected chi connectivity index (χ2v) is 7.07. The van der Waals surface area contributed by atoms with Crippen LogP contribution < -0.4 is 10.6 Å². The van der Waals surface area contributed by atoms with Crippen molar-refractivity contribution in [3.63, 3.8) is 0 Å². The number of hydrogen-bond donors (Lipinski definition) is 2. The van der Waals surface area contributed by atoms with E-state index in [0.29, 0.717) is 17.8 Å². The molecule has 2 atom stereocenters. The van der Waals surface area contributed by atoms with Crippen molar-refractivity contribution in [2.24, 2.45) is 17.3 Å². The molecule has 1 fully saturated rings. The van der Waals surface area contributed by atoms with Gasteiger partial charge in [-0.25, -0.2) is 0 Å². The van der Waals surface area contributed by atoms with Crippen molar-refractivity contribution in [2.75, 3.05) is 19.6 Å². The molecule has 0 aromatic heterocycles. The van der Waals surface area contributed by atoms with Gasteiger partial charge < -0.3 is 10.6 Å². The Morgan fingerprint density at radius 2 is 2.17 bits per heavy atom. The van der Waals surface area contributed by atoms with E-state index in [4.69, 9.17) is 0 Å². The van der Waals surface area contributed by atoms with Gasteiger partial charge in [-0.3, -0.25) is 4.79 Å². The van der Waals surface area contributed by atoms with Crippen molar-refractivity contribution >= 4 is 5.91 Å². The Morgan fingerprint density at radius 1 is 1.44 bits per heavy atom. The molecule has 0 aromatic rings. The minimum atomic E-state index is 0.220. The van der Waals surface area contributed by atoms with E-state index in [1.807, 2.05) is 0 Å². The minimum absolute atomic E-state index is 0.220. The van der Waals surface area contributed by atoms with Crippen LogP contribution in [-0.2, 0) is 4.79 Å². The van der Waals surface area contributed by atoms with Gasteiger partial charge in [0.1, 0.15) is 0 Å². The van der Waals surface area contributed by atoms with Crippen LogP contribution in [0.25, 0.3) is 0 Å². The van der Waals surface area contributed by atoms with E-state index in [2.05, 4.69) is 38.3 Å². The molecule has 1 saturated heterocycles. The Morgan fingerprint density at radius 3 is 2.72 bits per heavy atom. The van der Waals surface area contributed by atoms with Crippen molar-refractivity contribution in [3.8, 4) is 0 Å². The smallest absolute Gasteiger partial charge is 0.220 e. The first-order valence-electron chi connectivity index (χ1n) is 7.34. The fourth-order valence-corrected chi connectivity index (χ4v) is 2.88. The fraction of sp³-hybridized carbons (Fsp3) is 0.933. The molecule has 2 unspecified atom stereocenters. The van der Waals surface area contributed by atoms with Gasteiger partial charge in [-0.2, -0.15) is 0 Å². The number of nitrogens with one attached hydrogen (secondary N) is 2. The van der Waals surface area contributed by atoms with Crippen molar-refractivity contribution in [2.45, 2.75) is 53.4 Å². The Labute approximate surface area is 112 Å². The third-order valence-corrected chi connectivity index (χ3v) is 3.53. The molecular formula is C15H30N2O. The summed E-state index contributed by atoms with van der Waals surface area (Å²) in [6.45, 7) is 12.0. The first kappa shape index (κ1) is 15.5. The average Bonchev–Trinajstić information content (AvgIpc) is 2.66. The lowest BCUT2D eigenvalue weighted by molar-refractivity contribution is -0.122. The first-order chi connectivity index (χ1) is 8.37. The Hall–Kier alpha value is -0.570. The summed E-state index contributed by atoms with van der Waals surface area (Å²) < 4.78 is 0. The van der Waals surface area contributed by atoms with Gasteiger partial charge in [0, 0.05) is 13.0 Å². The molecule has 1 aliphatic heterocycles. The fourth-order valence-electron chi connectivity index (χ4n) is 2.88. The molecule has 18 heavy (non-hydrogen) atoms. The maximum atomic E-state index is 11.8. The molecule has 0 aliphatic carbocycles. The highest BCUT2D eigenvalue weighted by Crippen LogP contribution is 2.25. The SMILES string of the molecule is CC(CC(=O)NCCC1CCNC1)CC(C)(C)C. The van der Waals surface area contributed by atoms with Crippen molar-refractivity contribution in [1.29, 1.82) is 0 Å². The van der Waals surface area contributed by atoms with Gasteiger partial charge in [0.15, 0.2) is 0 Å². The molecule has 106 valence electrons. The van der Waals surface area contributed by atoms with E-state index < -0.39 is 0 Å². The van der Waals surface area contributed by atoms with Crippen LogP contribution in [0.3, 0.4) is 0 Å². The van der Waals surface area contributed by atoms with Gasteiger partial charge in [-0.05, 0) is 49.6 Å². The van der Waals surface area contributed by atoms with E-state index in [1.165, 1.54) is 6.42 Å². The maximum absolute atomic E-state index is 11.8. The summed E-state index contributed by atoms with van der Waals surface area (Å²) in [7, 11) is 0. The van der Waals surface area contributed by atoms with Gasteiger partial charge in [0.05, 0.1) is 0 Å². The lowest BCUT2D eigenvalue weighted by atomic mass is 9.84. The predicted octanol–water partition coefficient (Wildman–Crippen LogP) is 2.56. The standard InChI is InChI=1S/C15H30N2O/c1-12(10-15(2,3)4)9-14(18)17-8-6-13-5-7-16-11-13/h12-13,16H,5-11H2,1-4H3,(H,17,18). The van der Waals surface area contributed by atoms with Crippen LogP contribution in [0.1, 0.15) is 53.4 Å². The summed E-state index contributed by atoms with van der Waals surface area (Å²) in [6, 6.07) is 0. The molecule has 0 bridgehead atoms. The van der Waals surface area contributed by atoms with Crippen molar-refractivity contribution in [1.82, 2.24) is 10.6 Å². The molecule has 0 aromatic carbocycles. The van der Waals surface area contributed by atoms with E-state index in [-0.39, 0.29) is 5.91 Å². The highest BCUT2D eigenvalue weighted by atomic mass is 16.1. The number of hydrogen-bond acceptors (Lipinski definition) is 2. The number of carbonyl (C=O) groups is 1. The van der Waals surface area contributed by atoms with Gasteiger partial charge in [0.2, 0.25) is 5.91 Å². The lowest BCUT2D eigenvalue weighted by Crippen LogP contribution is -2.28. The Bertz CT molecular complexity index is 252. The number of rotatable bonds is 6. The largest absolute Gasteiger partial charge is 0.356 e. The summed E-state index contributed by atoms with van der Waals surface area (Å²) in [5.41, 5.74) is 0.315. The summed E-state index contributed by atoms with van der Waals surface area (Å²) in [6.07, 6.45) is 4.15. The van der Waals surface area contributed by atoms with Crippen LogP contribution >= 0.6 is 0 Å². The second-order valence-electron chi connectivity index (χ2n) is 7.07. The van der Waals surface area contributed by atoms with Crippen LogP contribution in [0.5, 0.6) is 0 Å². The normalized spacial score (nSPS) is 21.9. The van der Waals surface area contributed by atoms with E-state index >= 15 is 0 Å². The average molecular weight is 254 g/mol. The quantitative estimate of drug-likeness (QED) is 0.765. The molecule has 1 rings (SSSR count). The van der Waals surface area contributed by atoms with Gasteiger partial charge in [-0.1, -0.05) is 27.7 Å². The predicted molar refractivity (Wildman–Crippen MR) is 76.5 cm³/mol. The van der Waals surface area contributed by atoms with Crippen LogP contribution in [0.4, 0.5) is 0 Å². The molecular weight excluding hydrogens is 224 g/mol. The molecule has 1 aliphatic rings. The highest BCUT2D eigenvalue weighted by Gasteiger charge is 2.18. The van der Waals surface area contributed by atoms with Crippen molar-refractivity contribution in [3.05, 3.63) is 0 Å². The van der Waals surface area contributed by atoms with Crippen molar-refractivity contribution < 1.29 is 4.79 Å². The van der Waals surface area contributed by atoms with Crippen LogP contribution in [-0.4, -0.2) is 25.5 Å². The minimum Gasteiger partial charge on any atom is -0.356 e. The summed E-state index contributed by atoms with van der Waals surface area (Å²) in [5, 5.41) is 6.42. The first-order valence-corrected chi connectivity index (χ1v) is 7.34. The number of carbonyl (C=O) groups excluding carboxylic acids is 1.